The Bertz CT molecular complexity index is 735. The molecule has 2 aromatic rings. The Morgan fingerprint density at radius 1 is 1.08 bits per heavy atom. The molecule has 0 radical (unpaired) electrons. The van der Waals surface area contributed by atoms with Crippen LogP contribution in [-0.2, 0) is 6.54 Å². The maximum Gasteiger partial charge on any atom is 0.319 e. The number of urea groups is 1. The van der Waals surface area contributed by atoms with Crippen LogP contribution in [-0.4, -0.2) is 18.5 Å². The number of nitrogens with one attached hydrogen (secondary N) is 3. The molecule has 0 heterocycles. The standard InChI is InChI=1S/C17H17ClIN3O2/c1-2-20-16(23)12-5-3-11(4-6-12)10-21-17(24)22-15-8-7-13(19)9-14(15)18/h3-9H,2,10H2,1H3,(H,20,23)(H2,21,22,24). The van der Waals surface area contributed by atoms with Gasteiger partial charge in [0, 0.05) is 22.2 Å². The van der Waals surface area contributed by atoms with Crippen LogP contribution in [0.4, 0.5) is 10.5 Å². The fourth-order valence-corrected chi connectivity index (χ4v) is 2.88. The predicted octanol–water partition coefficient (Wildman–Crippen LogP) is 4.02. The lowest BCUT2D eigenvalue weighted by atomic mass is 10.1. The highest BCUT2D eigenvalue weighted by atomic mass is 127. The summed E-state index contributed by atoms with van der Waals surface area (Å²) < 4.78 is 0.996. The Hall–Kier alpha value is -1.80. The van der Waals surface area contributed by atoms with E-state index in [4.69, 9.17) is 11.6 Å². The maximum atomic E-state index is 11.9. The molecule has 3 N–H and O–H groups in total. The Labute approximate surface area is 159 Å². The lowest BCUT2D eigenvalue weighted by Gasteiger charge is -2.10. The van der Waals surface area contributed by atoms with Crippen LogP contribution in [0.25, 0.3) is 0 Å². The smallest absolute Gasteiger partial charge is 0.319 e. The fraction of sp³-hybridized carbons (Fsp3) is 0.176. The largest absolute Gasteiger partial charge is 0.352 e. The molecule has 0 saturated carbocycles. The van der Waals surface area contributed by atoms with Gasteiger partial charge in [0.25, 0.3) is 5.91 Å². The number of benzene rings is 2. The van der Waals surface area contributed by atoms with E-state index in [1.165, 1.54) is 0 Å². The van der Waals surface area contributed by atoms with Gasteiger partial charge >= 0.3 is 6.03 Å². The molecule has 0 saturated heterocycles. The van der Waals surface area contributed by atoms with Gasteiger partial charge in [0.1, 0.15) is 0 Å². The van der Waals surface area contributed by atoms with Crippen LogP contribution in [0.1, 0.15) is 22.8 Å². The summed E-state index contributed by atoms with van der Waals surface area (Å²) in [5.74, 6) is -0.108. The number of amides is 3. The number of anilines is 1. The van der Waals surface area contributed by atoms with Crippen molar-refractivity contribution in [3.05, 3.63) is 62.2 Å². The van der Waals surface area contributed by atoms with E-state index in [9.17, 15) is 9.59 Å². The highest BCUT2D eigenvalue weighted by molar-refractivity contribution is 14.1. The van der Waals surface area contributed by atoms with E-state index in [1.54, 1.807) is 24.3 Å². The zero-order valence-electron chi connectivity index (χ0n) is 13.0. The van der Waals surface area contributed by atoms with Crippen molar-refractivity contribution in [2.45, 2.75) is 13.5 Å². The molecule has 0 aliphatic heterocycles. The van der Waals surface area contributed by atoms with Crippen molar-refractivity contribution in [2.75, 3.05) is 11.9 Å². The van der Waals surface area contributed by atoms with E-state index >= 15 is 0 Å². The van der Waals surface area contributed by atoms with Crippen molar-refractivity contribution in [1.82, 2.24) is 10.6 Å². The second-order valence-corrected chi connectivity index (χ2v) is 6.64. The second kappa shape index (κ2) is 8.89. The normalized spacial score (nSPS) is 10.1. The van der Waals surface area contributed by atoms with Crippen molar-refractivity contribution in [3.8, 4) is 0 Å². The third-order valence-corrected chi connectivity index (χ3v) is 4.17. The van der Waals surface area contributed by atoms with Gasteiger partial charge in [0.2, 0.25) is 0 Å². The SMILES string of the molecule is CCNC(=O)c1ccc(CNC(=O)Nc2ccc(I)cc2Cl)cc1. The lowest BCUT2D eigenvalue weighted by Crippen LogP contribution is -2.28. The number of halogens is 2. The Kier molecular flexibility index (Phi) is 6.86. The molecule has 3 amide bonds. The summed E-state index contributed by atoms with van der Waals surface area (Å²) in [5, 5.41) is 8.68. The second-order valence-electron chi connectivity index (χ2n) is 4.99. The summed E-state index contributed by atoms with van der Waals surface area (Å²) in [6.45, 7) is 2.81. The molecule has 0 aromatic heterocycles. The Balaban J connectivity index is 1.88. The summed E-state index contributed by atoms with van der Waals surface area (Å²) >= 11 is 8.23. The first kappa shape index (κ1) is 18.5. The van der Waals surface area contributed by atoms with E-state index in [2.05, 4.69) is 38.5 Å². The van der Waals surface area contributed by atoms with Gasteiger partial charge in [-0.1, -0.05) is 23.7 Å². The molecular weight excluding hydrogens is 441 g/mol. The van der Waals surface area contributed by atoms with E-state index in [0.717, 1.165) is 9.13 Å². The highest BCUT2D eigenvalue weighted by Crippen LogP contribution is 2.23. The molecule has 24 heavy (non-hydrogen) atoms. The van der Waals surface area contributed by atoms with Crippen LogP contribution in [0.15, 0.2) is 42.5 Å². The molecule has 0 atom stereocenters. The summed E-state index contributed by atoms with van der Waals surface area (Å²) in [7, 11) is 0. The predicted molar refractivity (Wildman–Crippen MR) is 104 cm³/mol. The van der Waals surface area contributed by atoms with Gasteiger partial charge in [0.05, 0.1) is 10.7 Å². The molecule has 0 aliphatic rings. The van der Waals surface area contributed by atoms with Crippen LogP contribution in [0.2, 0.25) is 5.02 Å². The van der Waals surface area contributed by atoms with Crippen LogP contribution >= 0.6 is 34.2 Å². The molecule has 126 valence electrons. The number of rotatable bonds is 5. The maximum absolute atomic E-state index is 11.9. The monoisotopic (exact) mass is 457 g/mol. The van der Waals surface area contributed by atoms with Gasteiger partial charge in [-0.3, -0.25) is 4.79 Å². The van der Waals surface area contributed by atoms with Gasteiger partial charge in [-0.05, 0) is 65.4 Å². The zero-order valence-corrected chi connectivity index (χ0v) is 15.9. The van der Waals surface area contributed by atoms with E-state index < -0.39 is 0 Å². The molecule has 2 rings (SSSR count). The minimum atomic E-state index is -0.342. The number of hydrogen-bond acceptors (Lipinski definition) is 2. The quantitative estimate of drug-likeness (QED) is 0.594. The number of hydrogen-bond donors (Lipinski definition) is 3. The van der Waals surface area contributed by atoms with Gasteiger partial charge in [-0.25, -0.2) is 4.79 Å². The molecule has 0 bridgehead atoms. The van der Waals surface area contributed by atoms with Gasteiger partial charge in [-0.15, -0.1) is 0 Å². The van der Waals surface area contributed by atoms with Crippen molar-refractivity contribution in [2.24, 2.45) is 0 Å². The average molecular weight is 458 g/mol. The van der Waals surface area contributed by atoms with Crippen LogP contribution in [0.3, 0.4) is 0 Å². The average Bonchev–Trinajstić information content (AvgIpc) is 2.56. The van der Waals surface area contributed by atoms with E-state index in [1.807, 2.05) is 25.1 Å². The van der Waals surface area contributed by atoms with Crippen LogP contribution in [0, 0.1) is 3.57 Å². The summed E-state index contributed by atoms with van der Waals surface area (Å²) in [4.78, 5) is 23.6. The number of carbonyl (C=O) groups is 2. The number of carbonyl (C=O) groups excluding carboxylic acids is 2. The van der Waals surface area contributed by atoms with Crippen molar-refractivity contribution >= 4 is 51.8 Å². The molecule has 2 aromatic carbocycles. The summed E-state index contributed by atoms with van der Waals surface area (Å²) in [6.07, 6.45) is 0. The Morgan fingerprint density at radius 3 is 2.42 bits per heavy atom. The fourth-order valence-electron chi connectivity index (χ4n) is 1.98. The van der Waals surface area contributed by atoms with Crippen molar-refractivity contribution in [3.63, 3.8) is 0 Å². The van der Waals surface area contributed by atoms with Gasteiger partial charge in [0.15, 0.2) is 0 Å². The molecule has 0 aliphatic carbocycles. The van der Waals surface area contributed by atoms with Gasteiger partial charge in [-0.2, -0.15) is 0 Å². The first-order chi connectivity index (χ1) is 11.5. The van der Waals surface area contributed by atoms with Crippen molar-refractivity contribution < 1.29 is 9.59 Å². The molecule has 0 unspecified atom stereocenters. The topological polar surface area (TPSA) is 70.2 Å². The van der Waals surface area contributed by atoms with Crippen molar-refractivity contribution in [1.29, 1.82) is 0 Å². The zero-order chi connectivity index (χ0) is 17.5. The Morgan fingerprint density at radius 2 is 1.79 bits per heavy atom. The molecule has 0 fully saturated rings. The third-order valence-electron chi connectivity index (χ3n) is 3.19. The van der Waals surface area contributed by atoms with Crippen LogP contribution < -0.4 is 16.0 Å². The van der Waals surface area contributed by atoms with E-state index in [-0.39, 0.29) is 11.9 Å². The summed E-state index contributed by atoms with van der Waals surface area (Å²) in [5.41, 5.74) is 2.05. The van der Waals surface area contributed by atoms with E-state index in [0.29, 0.717) is 29.4 Å². The molecule has 5 nitrogen and oxygen atoms in total. The highest BCUT2D eigenvalue weighted by Gasteiger charge is 2.07. The summed E-state index contributed by atoms with van der Waals surface area (Å²) in [6, 6.07) is 12.1. The lowest BCUT2D eigenvalue weighted by molar-refractivity contribution is 0.0956. The first-order valence-electron chi connectivity index (χ1n) is 7.36. The van der Waals surface area contributed by atoms with Crippen LogP contribution in [0.5, 0.6) is 0 Å². The third kappa shape index (κ3) is 5.38. The molecule has 7 heteroatoms. The molecule has 0 spiro atoms. The molecular formula is C17H17ClIN3O2. The first-order valence-corrected chi connectivity index (χ1v) is 8.82. The van der Waals surface area contributed by atoms with Gasteiger partial charge < -0.3 is 16.0 Å². The minimum Gasteiger partial charge on any atom is -0.352 e. The minimum absolute atomic E-state index is 0.108.